The summed E-state index contributed by atoms with van der Waals surface area (Å²) < 4.78 is 1.83. The summed E-state index contributed by atoms with van der Waals surface area (Å²) in [7, 11) is 0. The molecule has 0 N–H and O–H groups in total. The van der Waals surface area contributed by atoms with Gasteiger partial charge in [0.2, 0.25) is 0 Å². The molecule has 1 aromatic rings. The molecular weight excluding hydrogens is 222 g/mol. The molecule has 1 aliphatic carbocycles. The van der Waals surface area contributed by atoms with Gasteiger partial charge in [0.25, 0.3) is 0 Å². The number of carbonyl (C=O) groups is 1. The van der Waals surface area contributed by atoms with Crippen LogP contribution in [-0.2, 0) is 4.79 Å². The Hall–Kier alpha value is -1.42. The zero-order chi connectivity index (χ0) is 11.4. The maximum Gasteiger partial charge on any atom is 0.333 e. The van der Waals surface area contributed by atoms with Crippen LogP contribution in [0.5, 0.6) is 0 Å². The van der Waals surface area contributed by atoms with Crippen LogP contribution in [0.4, 0.5) is 0 Å². The van der Waals surface area contributed by atoms with Gasteiger partial charge in [0, 0.05) is 6.20 Å². The van der Waals surface area contributed by atoms with Crippen LogP contribution in [0.15, 0.2) is 36.5 Å². The number of allylic oxidation sites excluding steroid dienone is 2. The summed E-state index contributed by atoms with van der Waals surface area (Å²) in [5, 5.41) is 0. The van der Waals surface area contributed by atoms with Gasteiger partial charge in [0.05, 0.1) is 6.42 Å². The molecule has 0 aliphatic heterocycles. The standard InChI is InChI=1S/C12H13NO2S/c14-12(9-10-5-1-2-6-10)15-13-8-4-3-7-11(13)16/h1,3-5,7-8,10H,2,6,9H2. The lowest BCUT2D eigenvalue weighted by atomic mass is 10.1. The molecule has 0 spiro atoms. The Balaban J connectivity index is 1.94. The van der Waals surface area contributed by atoms with Crippen LogP contribution in [0.3, 0.4) is 0 Å². The first-order valence-electron chi connectivity index (χ1n) is 5.31. The first-order chi connectivity index (χ1) is 7.75. The summed E-state index contributed by atoms with van der Waals surface area (Å²) in [6.07, 6.45) is 8.34. The highest BCUT2D eigenvalue weighted by atomic mass is 32.1. The molecule has 1 unspecified atom stereocenters. The van der Waals surface area contributed by atoms with Crippen LogP contribution in [0.25, 0.3) is 0 Å². The van der Waals surface area contributed by atoms with Crippen LogP contribution in [0.2, 0.25) is 0 Å². The van der Waals surface area contributed by atoms with Gasteiger partial charge in [-0.3, -0.25) is 0 Å². The van der Waals surface area contributed by atoms with E-state index in [4.69, 9.17) is 17.1 Å². The summed E-state index contributed by atoms with van der Waals surface area (Å²) in [5.74, 6) is 0.0873. The first kappa shape index (κ1) is 11.1. The highest BCUT2D eigenvalue weighted by Crippen LogP contribution is 2.20. The van der Waals surface area contributed by atoms with Gasteiger partial charge in [0.1, 0.15) is 4.64 Å². The minimum atomic E-state index is -0.237. The Morgan fingerprint density at radius 3 is 3.12 bits per heavy atom. The van der Waals surface area contributed by atoms with Gasteiger partial charge in [-0.05, 0) is 30.9 Å². The van der Waals surface area contributed by atoms with E-state index in [0.717, 1.165) is 12.8 Å². The first-order valence-corrected chi connectivity index (χ1v) is 5.72. The number of nitrogens with zero attached hydrogens (tertiary/aromatic N) is 1. The van der Waals surface area contributed by atoms with Crippen LogP contribution < -0.4 is 4.84 Å². The van der Waals surface area contributed by atoms with Crippen molar-refractivity contribution in [2.45, 2.75) is 19.3 Å². The highest BCUT2D eigenvalue weighted by molar-refractivity contribution is 7.71. The lowest BCUT2D eigenvalue weighted by Crippen LogP contribution is -2.21. The van der Waals surface area contributed by atoms with Crippen LogP contribution in [0.1, 0.15) is 19.3 Å². The van der Waals surface area contributed by atoms with E-state index in [2.05, 4.69) is 12.2 Å². The average Bonchev–Trinajstić information content (AvgIpc) is 2.74. The van der Waals surface area contributed by atoms with E-state index in [9.17, 15) is 4.79 Å². The molecule has 0 saturated carbocycles. The fraction of sp³-hybridized carbons (Fsp3) is 0.333. The maximum atomic E-state index is 11.6. The van der Waals surface area contributed by atoms with Crippen molar-refractivity contribution in [1.82, 2.24) is 4.73 Å². The molecule has 3 nitrogen and oxygen atoms in total. The minimum absolute atomic E-state index is 0.237. The fourth-order valence-corrected chi connectivity index (χ4v) is 1.89. The Kier molecular flexibility index (Phi) is 3.51. The van der Waals surface area contributed by atoms with E-state index in [1.54, 1.807) is 18.3 Å². The average molecular weight is 235 g/mol. The van der Waals surface area contributed by atoms with Gasteiger partial charge >= 0.3 is 5.97 Å². The van der Waals surface area contributed by atoms with E-state index in [0.29, 0.717) is 17.0 Å². The van der Waals surface area contributed by atoms with Gasteiger partial charge in [-0.15, -0.1) is 0 Å². The number of pyridine rings is 1. The van der Waals surface area contributed by atoms with Crippen molar-refractivity contribution in [1.29, 1.82) is 0 Å². The normalized spacial score (nSPS) is 18.6. The second kappa shape index (κ2) is 5.07. The Morgan fingerprint density at radius 2 is 2.44 bits per heavy atom. The zero-order valence-corrected chi connectivity index (χ0v) is 9.65. The third-order valence-corrected chi connectivity index (χ3v) is 2.85. The minimum Gasteiger partial charge on any atom is -0.336 e. The summed E-state index contributed by atoms with van der Waals surface area (Å²) in [4.78, 5) is 16.7. The van der Waals surface area contributed by atoms with E-state index < -0.39 is 0 Å². The molecule has 0 amide bonds. The fourth-order valence-electron chi connectivity index (χ4n) is 1.71. The Morgan fingerprint density at radius 1 is 1.56 bits per heavy atom. The molecule has 1 atom stereocenters. The van der Waals surface area contributed by atoms with Crippen LogP contribution in [-0.4, -0.2) is 10.7 Å². The summed E-state index contributed by atoms with van der Waals surface area (Å²) in [6, 6.07) is 5.31. The number of hydrogen-bond donors (Lipinski definition) is 0. The molecule has 0 aromatic carbocycles. The van der Waals surface area contributed by atoms with Crippen molar-refractivity contribution in [3.8, 4) is 0 Å². The molecule has 4 heteroatoms. The van der Waals surface area contributed by atoms with Crippen LogP contribution >= 0.6 is 12.2 Å². The molecule has 0 fully saturated rings. The molecule has 84 valence electrons. The van der Waals surface area contributed by atoms with Crippen molar-refractivity contribution < 1.29 is 9.63 Å². The molecular formula is C12H13NO2S. The second-order valence-electron chi connectivity index (χ2n) is 3.80. The van der Waals surface area contributed by atoms with E-state index >= 15 is 0 Å². The summed E-state index contributed by atoms with van der Waals surface area (Å²) >= 11 is 5.02. The predicted octanol–water partition coefficient (Wildman–Crippen LogP) is 2.53. The van der Waals surface area contributed by atoms with E-state index in [1.165, 1.54) is 4.73 Å². The molecule has 1 aromatic heterocycles. The van der Waals surface area contributed by atoms with Crippen molar-refractivity contribution in [2.24, 2.45) is 5.92 Å². The molecule has 0 saturated heterocycles. The van der Waals surface area contributed by atoms with Gasteiger partial charge in [-0.25, -0.2) is 4.79 Å². The maximum absolute atomic E-state index is 11.6. The zero-order valence-electron chi connectivity index (χ0n) is 8.83. The Bertz CT molecular complexity index is 464. The molecule has 1 aliphatic rings. The number of aromatic nitrogens is 1. The Labute approximate surface area is 99.3 Å². The molecule has 2 rings (SSSR count). The molecule has 1 heterocycles. The van der Waals surface area contributed by atoms with Gasteiger partial charge in [-0.2, -0.15) is 4.73 Å². The monoisotopic (exact) mass is 235 g/mol. The summed E-state index contributed by atoms with van der Waals surface area (Å²) in [6.45, 7) is 0. The number of rotatable bonds is 3. The largest absolute Gasteiger partial charge is 0.336 e. The lowest BCUT2D eigenvalue weighted by molar-refractivity contribution is -0.145. The lowest BCUT2D eigenvalue weighted by Gasteiger charge is -2.09. The third-order valence-electron chi connectivity index (χ3n) is 2.53. The van der Waals surface area contributed by atoms with E-state index in [-0.39, 0.29) is 5.97 Å². The van der Waals surface area contributed by atoms with Crippen molar-refractivity contribution in [2.75, 3.05) is 0 Å². The second-order valence-corrected chi connectivity index (χ2v) is 4.22. The van der Waals surface area contributed by atoms with Gasteiger partial charge < -0.3 is 4.84 Å². The van der Waals surface area contributed by atoms with Gasteiger partial charge in [0.15, 0.2) is 0 Å². The molecule has 0 bridgehead atoms. The predicted molar refractivity (Wildman–Crippen MR) is 63.3 cm³/mol. The molecule has 16 heavy (non-hydrogen) atoms. The van der Waals surface area contributed by atoms with Crippen molar-refractivity contribution >= 4 is 18.2 Å². The quantitative estimate of drug-likeness (QED) is 0.596. The highest BCUT2D eigenvalue weighted by Gasteiger charge is 2.15. The van der Waals surface area contributed by atoms with Crippen molar-refractivity contribution in [3.05, 3.63) is 41.2 Å². The van der Waals surface area contributed by atoms with E-state index in [1.807, 2.05) is 6.07 Å². The SMILES string of the molecule is O=C(CC1C=CCC1)On1ccccc1=S. The number of carbonyl (C=O) groups excluding carboxylic acids is 1. The third kappa shape index (κ3) is 2.79. The van der Waals surface area contributed by atoms with Crippen molar-refractivity contribution in [3.63, 3.8) is 0 Å². The smallest absolute Gasteiger partial charge is 0.333 e. The molecule has 0 radical (unpaired) electrons. The van der Waals surface area contributed by atoms with Crippen LogP contribution in [0, 0.1) is 10.6 Å². The summed E-state index contributed by atoms with van der Waals surface area (Å²) in [5.41, 5.74) is 0. The topological polar surface area (TPSA) is 31.2 Å². The number of hydrogen-bond acceptors (Lipinski definition) is 3. The van der Waals surface area contributed by atoms with Gasteiger partial charge in [-0.1, -0.05) is 30.4 Å².